The van der Waals surface area contributed by atoms with Gasteiger partial charge in [0.2, 0.25) is 0 Å². The highest BCUT2D eigenvalue weighted by molar-refractivity contribution is 5.33. The first-order valence-corrected chi connectivity index (χ1v) is 9.77. The maximum atomic E-state index is 11.5. The normalized spacial score (nSPS) is 28.0. The largest absolute Gasteiger partial charge is 0.497 e. The van der Waals surface area contributed by atoms with Gasteiger partial charge < -0.3 is 19.9 Å². The van der Waals surface area contributed by atoms with Crippen LogP contribution < -0.4 is 14.8 Å². The molecular formula is C23H31NO3. The molecule has 0 aromatic heterocycles. The number of piperidine rings is 1. The van der Waals surface area contributed by atoms with E-state index in [-0.39, 0.29) is 18.0 Å². The van der Waals surface area contributed by atoms with Gasteiger partial charge in [-0.2, -0.15) is 0 Å². The number of hydrogen-bond donors (Lipinski definition) is 2. The molecule has 2 aromatic carbocycles. The van der Waals surface area contributed by atoms with Crippen LogP contribution in [0.5, 0.6) is 11.5 Å². The first-order valence-electron chi connectivity index (χ1n) is 9.77. The van der Waals surface area contributed by atoms with E-state index in [2.05, 4.69) is 43.4 Å². The fourth-order valence-corrected chi connectivity index (χ4v) is 4.28. The molecule has 2 N–H and O–H groups in total. The van der Waals surface area contributed by atoms with Crippen LogP contribution in [0.25, 0.3) is 0 Å². The van der Waals surface area contributed by atoms with E-state index >= 15 is 0 Å². The third kappa shape index (κ3) is 4.12. The van der Waals surface area contributed by atoms with E-state index < -0.39 is 5.60 Å². The highest BCUT2D eigenvalue weighted by Gasteiger charge is 2.45. The van der Waals surface area contributed by atoms with E-state index in [9.17, 15) is 5.11 Å². The van der Waals surface area contributed by atoms with Gasteiger partial charge in [-0.25, -0.2) is 0 Å². The lowest BCUT2D eigenvalue weighted by atomic mass is 9.70. The van der Waals surface area contributed by atoms with Crippen molar-refractivity contribution in [2.45, 2.75) is 50.8 Å². The molecule has 4 atom stereocenters. The van der Waals surface area contributed by atoms with Gasteiger partial charge in [0.1, 0.15) is 11.5 Å². The molecule has 0 spiro atoms. The Morgan fingerprint density at radius 1 is 0.963 bits per heavy atom. The Hall–Kier alpha value is -2.04. The average molecular weight is 370 g/mol. The second-order valence-electron chi connectivity index (χ2n) is 7.59. The molecule has 146 valence electrons. The fraction of sp³-hybridized carbons (Fsp3) is 0.478. The summed E-state index contributed by atoms with van der Waals surface area (Å²) >= 11 is 0. The number of benzene rings is 2. The third-order valence-electron chi connectivity index (χ3n) is 5.96. The fourth-order valence-electron chi connectivity index (χ4n) is 4.28. The molecule has 1 fully saturated rings. The van der Waals surface area contributed by atoms with E-state index in [0.717, 1.165) is 24.3 Å². The molecule has 0 saturated carbocycles. The zero-order chi connectivity index (χ0) is 19.4. The number of ether oxygens (including phenoxy) is 2. The maximum absolute atomic E-state index is 11.5. The van der Waals surface area contributed by atoms with Crippen LogP contribution in [0.1, 0.15) is 56.3 Å². The first-order chi connectivity index (χ1) is 13.0. The van der Waals surface area contributed by atoms with Crippen molar-refractivity contribution >= 4 is 0 Å². The Bertz CT molecular complexity index is 728. The van der Waals surface area contributed by atoms with Gasteiger partial charge in [-0.15, -0.1) is 0 Å². The van der Waals surface area contributed by atoms with Gasteiger partial charge in [0.15, 0.2) is 0 Å². The van der Waals surface area contributed by atoms with E-state index in [0.29, 0.717) is 6.42 Å². The summed E-state index contributed by atoms with van der Waals surface area (Å²) in [5.74, 6) is 1.80. The summed E-state index contributed by atoms with van der Waals surface area (Å²) in [5.41, 5.74) is 1.65. The van der Waals surface area contributed by atoms with Gasteiger partial charge in [-0.05, 0) is 48.2 Å². The van der Waals surface area contributed by atoms with Crippen molar-refractivity contribution in [3.63, 3.8) is 0 Å². The standard InChI is InChI=1S/C23H31NO3/c1-5-14-23(25)15-21(17-6-10-19(26-3)11-7-17)24-22(16(23)2)18-8-12-20(27-4)13-9-18/h6-13,16,21-22,24-25H,5,14-15H2,1-4H3/t16-,21-,22-,23+/m0/s1. The molecule has 0 aliphatic carbocycles. The van der Waals surface area contributed by atoms with Crippen LogP contribution in [-0.4, -0.2) is 24.9 Å². The van der Waals surface area contributed by atoms with Crippen molar-refractivity contribution < 1.29 is 14.6 Å². The van der Waals surface area contributed by atoms with Crippen LogP contribution in [-0.2, 0) is 0 Å². The average Bonchev–Trinajstić information content (AvgIpc) is 2.70. The Balaban J connectivity index is 1.93. The molecular weight excluding hydrogens is 338 g/mol. The minimum atomic E-state index is -0.699. The Morgan fingerprint density at radius 3 is 1.96 bits per heavy atom. The van der Waals surface area contributed by atoms with Gasteiger partial charge in [-0.1, -0.05) is 44.5 Å². The van der Waals surface area contributed by atoms with Crippen molar-refractivity contribution in [1.29, 1.82) is 0 Å². The monoisotopic (exact) mass is 369 g/mol. The molecule has 4 heteroatoms. The van der Waals surface area contributed by atoms with E-state index in [1.165, 1.54) is 11.1 Å². The molecule has 1 saturated heterocycles. The number of rotatable bonds is 6. The van der Waals surface area contributed by atoms with Gasteiger partial charge in [0.25, 0.3) is 0 Å². The molecule has 0 amide bonds. The van der Waals surface area contributed by atoms with Crippen LogP contribution in [0, 0.1) is 5.92 Å². The predicted octanol–water partition coefficient (Wildman–Crippen LogP) is 4.65. The van der Waals surface area contributed by atoms with Crippen LogP contribution in [0.3, 0.4) is 0 Å². The topological polar surface area (TPSA) is 50.7 Å². The van der Waals surface area contributed by atoms with Crippen molar-refractivity contribution in [2.24, 2.45) is 5.92 Å². The molecule has 1 heterocycles. The molecule has 3 rings (SSSR count). The molecule has 1 aliphatic rings. The molecule has 4 nitrogen and oxygen atoms in total. The molecule has 0 unspecified atom stereocenters. The van der Waals surface area contributed by atoms with Crippen molar-refractivity contribution in [1.82, 2.24) is 5.32 Å². The summed E-state index contributed by atoms with van der Waals surface area (Å²) in [6.45, 7) is 4.29. The van der Waals surface area contributed by atoms with Crippen LogP contribution in [0.2, 0.25) is 0 Å². The molecule has 2 aromatic rings. The number of methoxy groups -OCH3 is 2. The minimum absolute atomic E-state index is 0.0771. The quantitative estimate of drug-likeness (QED) is 0.778. The minimum Gasteiger partial charge on any atom is -0.497 e. The van der Waals surface area contributed by atoms with E-state index in [1.807, 2.05) is 24.3 Å². The summed E-state index contributed by atoms with van der Waals surface area (Å²) in [6, 6.07) is 16.5. The first kappa shape index (κ1) is 19.7. The molecule has 0 bridgehead atoms. The van der Waals surface area contributed by atoms with Gasteiger partial charge >= 0.3 is 0 Å². The van der Waals surface area contributed by atoms with Gasteiger partial charge in [-0.3, -0.25) is 0 Å². The van der Waals surface area contributed by atoms with E-state index in [1.54, 1.807) is 14.2 Å². The summed E-state index contributed by atoms with van der Waals surface area (Å²) in [4.78, 5) is 0. The van der Waals surface area contributed by atoms with Crippen molar-refractivity contribution in [2.75, 3.05) is 14.2 Å². The second kappa shape index (κ2) is 8.32. The van der Waals surface area contributed by atoms with Crippen molar-refractivity contribution in [3.8, 4) is 11.5 Å². The Labute approximate surface area is 162 Å². The summed E-state index contributed by atoms with van der Waals surface area (Å²) in [6.07, 6.45) is 2.47. The Kier molecular flexibility index (Phi) is 6.08. The number of hydrogen-bond acceptors (Lipinski definition) is 4. The van der Waals surface area contributed by atoms with Crippen molar-refractivity contribution in [3.05, 3.63) is 59.7 Å². The predicted molar refractivity (Wildman–Crippen MR) is 108 cm³/mol. The number of aliphatic hydroxyl groups is 1. The van der Waals surface area contributed by atoms with Gasteiger partial charge in [0, 0.05) is 18.0 Å². The molecule has 0 radical (unpaired) electrons. The van der Waals surface area contributed by atoms with Crippen LogP contribution >= 0.6 is 0 Å². The lowest BCUT2D eigenvalue weighted by molar-refractivity contribution is -0.0743. The summed E-state index contributed by atoms with van der Waals surface area (Å²) in [5, 5.41) is 15.3. The highest BCUT2D eigenvalue weighted by atomic mass is 16.5. The smallest absolute Gasteiger partial charge is 0.118 e. The van der Waals surface area contributed by atoms with Gasteiger partial charge in [0.05, 0.1) is 19.8 Å². The van der Waals surface area contributed by atoms with Crippen LogP contribution in [0.4, 0.5) is 0 Å². The summed E-state index contributed by atoms with van der Waals surface area (Å²) in [7, 11) is 3.35. The SMILES string of the molecule is CCC[C@@]1(O)C[C@@H](c2ccc(OC)cc2)N[C@H](c2ccc(OC)cc2)[C@@H]1C. The zero-order valence-electron chi connectivity index (χ0n) is 16.7. The zero-order valence-corrected chi connectivity index (χ0v) is 16.7. The second-order valence-corrected chi connectivity index (χ2v) is 7.59. The lowest BCUT2D eigenvalue weighted by Crippen LogP contribution is -2.52. The lowest BCUT2D eigenvalue weighted by Gasteiger charge is -2.48. The highest BCUT2D eigenvalue weighted by Crippen LogP contribution is 2.45. The molecule has 1 aliphatic heterocycles. The molecule has 27 heavy (non-hydrogen) atoms. The Morgan fingerprint density at radius 2 is 1.48 bits per heavy atom. The number of nitrogens with one attached hydrogen (secondary N) is 1. The maximum Gasteiger partial charge on any atom is 0.118 e. The summed E-state index contributed by atoms with van der Waals surface area (Å²) < 4.78 is 10.6. The van der Waals surface area contributed by atoms with Crippen LogP contribution in [0.15, 0.2) is 48.5 Å². The van der Waals surface area contributed by atoms with E-state index in [4.69, 9.17) is 9.47 Å². The third-order valence-corrected chi connectivity index (χ3v) is 5.96.